The number of rotatable bonds is 10. The molecule has 0 amide bonds. The van der Waals surface area contributed by atoms with Gasteiger partial charge in [0.2, 0.25) is 0 Å². The summed E-state index contributed by atoms with van der Waals surface area (Å²) >= 11 is 0. The Labute approximate surface area is 139 Å². The highest BCUT2D eigenvalue weighted by Gasteiger charge is 2.52. The van der Waals surface area contributed by atoms with Crippen LogP contribution >= 0.6 is 0 Å². The monoisotopic (exact) mass is 326 g/mol. The van der Waals surface area contributed by atoms with Crippen molar-refractivity contribution >= 4 is 8.56 Å². The summed E-state index contributed by atoms with van der Waals surface area (Å²) in [7, 11) is -2.04. The van der Waals surface area contributed by atoms with Gasteiger partial charge in [0.25, 0.3) is 0 Å². The van der Waals surface area contributed by atoms with Crippen LogP contribution in [-0.4, -0.2) is 21.8 Å². The van der Waals surface area contributed by atoms with Gasteiger partial charge < -0.3 is 8.85 Å². The molecule has 2 aliphatic carbocycles. The second-order valence-electron chi connectivity index (χ2n) is 7.44. The van der Waals surface area contributed by atoms with Gasteiger partial charge in [0.15, 0.2) is 0 Å². The Balaban J connectivity index is 2.11. The lowest BCUT2D eigenvalue weighted by molar-refractivity contribution is 0.137. The Morgan fingerprint density at radius 3 is 1.50 bits per heavy atom. The topological polar surface area (TPSA) is 18.5 Å². The smallest absolute Gasteiger partial charge is 0.344 e. The van der Waals surface area contributed by atoms with Crippen molar-refractivity contribution in [1.82, 2.24) is 0 Å². The fraction of sp³-hybridized carbons (Fsp3) is 1.00. The van der Waals surface area contributed by atoms with E-state index in [-0.39, 0.29) is 0 Å². The van der Waals surface area contributed by atoms with Crippen LogP contribution in [0.1, 0.15) is 97.3 Å². The molecule has 0 heterocycles. The standard InChI is InChI=1S/C19H38O2Si/c1-3-5-16-20-22(21-17-6-4-2,19-14-10-11-15-19)18-12-8-7-9-13-18/h18-19H,3-17H2,1-2H3. The molecule has 2 saturated carbocycles. The van der Waals surface area contributed by atoms with Crippen molar-refractivity contribution in [3.05, 3.63) is 0 Å². The van der Waals surface area contributed by atoms with Gasteiger partial charge in [-0.05, 0) is 38.5 Å². The normalized spacial score (nSPS) is 21.5. The van der Waals surface area contributed by atoms with Crippen LogP contribution < -0.4 is 0 Å². The summed E-state index contributed by atoms with van der Waals surface area (Å²) < 4.78 is 13.5. The number of hydrogen-bond acceptors (Lipinski definition) is 2. The Morgan fingerprint density at radius 1 is 0.682 bits per heavy atom. The molecule has 0 N–H and O–H groups in total. The van der Waals surface area contributed by atoms with Crippen LogP contribution in [0.15, 0.2) is 0 Å². The molecule has 0 aromatic carbocycles. The van der Waals surface area contributed by atoms with Crippen LogP contribution in [0.4, 0.5) is 0 Å². The van der Waals surface area contributed by atoms with Crippen molar-refractivity contribution in [3.63, 3.8) is 0 Å². The van der Waals surface area contributed by atoms with Gasteiger partial charge >= 0.3 is 8.56 Å². The summed E-state index contributed by atoms with van der Waals surface area (Å²) in [6.07, 6.45) is 17.4. The summed E-state index contributed by atoms with van der Waals surface area (Å²) in [6.45, 7) is 6.42. The van der Waals surface area contributed by atoms with E-state index in [9.17, 15) is 0 Å². The van der Waals surface area contributed by atoms with Crippen molar-refractivity contribution in [1.29, 1.82) is 0 Å². The Morgan fingerprint density at radius 2 is 1.09 bits per heavy atom. The van der Waals surface area contributed by atoms with Crippen molar-refractivity contribution < 1.29 is 8.85 Å². The number of unbranched alkanes of at least 4 members (excludes halogenated alkanes) is 2. The van der Waals surface area contributed by atoms with Gasteiger partial charge in [-0.25, -0.2) is 0 Å². The first-order valence-electron chi connectivity index (χ1n) is 10.1. The predicted octanol–water partition coefficient (Wildman–Crippen LogP) is 6.34. The molecule has 0 aliphatic heterocycles. The van der Waals surface area contributed by atoms with E-state index in [0.29, 0.717) is 0 Å². The molecule has 0 aromatic heterocycles. The van der Waals surface area contributed by atoms with E-state index in [0.717, 1.165) is 24.3 Å². The van der Waals surface area contributed by atoms with Gasteiger partial charge in [0, 0.05) is 24.3 Å². The summed E-state index contributed by atoms with van der Waals surface area (Å²) in [5, 5.41) is 0. The summed E-state index contributed by atoms with van der Waals surface area (Å²) in [5.41, 5.74) is 1.56. The SMILES string of the molecule is CCCCO[Si](OCCCC)(C1CCCCC1)C1CCCC1. The van der Waals surface area contributed by atoms with Gasteiger partial charge in [0.1, 0.15) is 0 Å². The molecule has 0 aromatic rings. The third kappa shape index (κ3) is 4.81. The maximum absolute atomic E-state index is 6.76. The third-order valence-corrected chi connectivity index (χ3v) is 10.5. The molecule has 0 spiro atoms. The molecule has 2 fully saturated rings. The Kier molecular flexibility index (Phi) is 8.48. The molecular formula is C19H38O2Si. The van der Waals surface area contributed by atoms with E-state index in [1.807, 2.05) is 0 Å². The van der Waals surface area contributed by atoms with E-state index in [4.69, 9.17) is 8.85 Å². The lowest BCUT2D eigenvalue weighted by Crippen LogP contribution is -2.51. The number of hydrogen-bond donors (Lipinski definition) is 0. The van der Waals surface area contributed by atoms with E-state index < -0.39 is 8.56 Å². The van der Waals surface area contributed by atoms with Crippen LogP contribution in [0, 0.1) is 0 Å². The van der Waals surface area contributed by atoms with Crippen molar-refractivity contribution in [2.45, 2.75) is 108 Å². The van der Waals surface area contributed by atoms with Gasteiger partial charge in [-0.3, -0.25) is 0 Å². The summed E-state index contributed by atoms with van der Waals surface area (Å²) in [6, 6.07) is 0. The summed E-state index contributed by atoms with van der Waals surface area (Å²) in [5.74, 6) is 0. The third-order valence-electron chi connectivity index (χ3n) is 5.75. The zero-order chi connectivity index (χ0) is 15.7. The molecule has 2 nitrogen and oxygen atoms in total. The highest BCUT2D eigenvalue weighted by molar-refractivity contribution is 6.70. The first kappa shape index (κ1) is 18.5. The zero-order valence-corrected chi connectivity index (χ0v) is 16.1. The van der Waals surface area contributed by atoms with E-state index in [1.165, 1.54) is 83.5 Å². The van der Waals surface area contributed by atoms with E-state index in [2.05, 4.69) is 13.8 Å². The fourth-order valence-corrected chi connectivity index (χ4v) is 9.48. The second kappa shape index (κ2) is 10.1. The quantitative estimate of drug-likeness (QED) is 0.344. The Hall–Kier alpha value is 0.137. The predicted molar refractivity (Wildman–Crippen MR) is 96.5 cm³/mol. The van der Waals surface area contributed by atoms with Gasteiger partial charge in [-0.1, -0.05) is 58.8 Å². The molecule has 0 unspecified atom stereocenters. The fourth-order valence-electron chi connectivity index (χ4n) is 4.43. The average molecular weight is 327 g/mol. The molecule has 0 atom stereocenters. The van der Waals surface area contributed by atoms with Crippen LogP contribution in [0.3, 0.4) is 0 Å². The van der Waals surface area contributed by atoms with Crippen molar-refractivity contribution in [2.24, 2.45) is 0 Å². The molecule has 0 radical (unpaired) electrons. The van der Waals surface area contributed by atoms with Crippen LogP contribution in [0.25, 0.3) is 0 Å². The first-order valence-corrected chi connectivity index (χ1v) is 12.1. The minimum Gasteiger partial charge on any atom is -0.394 e. The van der Waals surface area contributed by atoms with Gasteiger partial charge in [-0.2, -0.15) is 0 Å². The van der Waals surface area contributed by atoms with Crippen LogP contribution in [0.2, 0.25) is 11.1 Å². The maximum Gasteiger partial charge on any atom is 0.344 e. The van der Waals surface area contributed by atoms with Crippen molar-refractivity contribution in [3.8, 4) is 0 Å². The molecule has 2 rings (SSSR count). The largest absolute Gasteiger partial charge is 0.394 e. The minimum atomic E-state index is -2.04. The maximum atomic E-state index is 6.76. The highest BCUT2D eigenvalue weighted by atomic mass is 28.4. The zero-order valence-electron chi connectivity index (χ0n) is 15.1. The highest BCUT2D eigenvalue weighted by Crippen LogP contribution is 2.50. The van der Waals surface area contributed by atoms with Crippen molar-refractivity contribution in [2.75, 3.05) is 13.2 Å². The molecule has 0 saturated heterocycles. The molecule has 3 heteroatoms. The molecule has 2 aliphatic rings. The minimum absolute atomic E-state index is 0.776. The average Bonchev–Trinajstić information content (AvgIpc) is 3.09. The lowest BCUT2D eigenvalue weighted by Gasteiger charge is -2.43. The van der Waals surface area contributed by atoms with Crippen LogP contribution in [0.5, 0.6) is 0 Å². The first-order chi connectivity index (χ1) is 10.8. The van der Waals surface area contributed by atoms with E-state index in [1.54, 1.807) is 0 Å². The lowest BCUT2D eigenvalue weighted by atomic mass is 10.0. The molecule has 0 bridgehead atoms. The van der Waals surface area contributed by atoms with Gasteiger partial charge in [0.05, 0.1) is 0 Å². The van der Waals surface area contributed by atoms with Gasteiger partial charge in [-0.15, -0.1) is 0 Å². The molecular weight excluding hydrogens is 288 g/mol. The molecule has 130 valence electrons. The summed E-state index contributed by atoms with van der Waals surface area (Å²) in [4.78, 5) is 0. The Bertz CT molecular complexity index is 273. The second-order valence-corrected chi connectivity index (χ2v) is 11.1. The van der Waals surface area contributed by atoms with E-state index >= 15 is 0 Å². The molecule has 22 heavy (non-hydrogen) atoms. The van der Waals surface area contributed by atoms with Crippen LogP contribution in [-0.2, 0) is 8.85 Å².